The molecule has 1 N–H and O–H groups in total. The monoisotopic (exact) mass is 331 g/mol. The first-order valence-electron chi connectivity index (χ1n) is 7.99. The van der Waals surface area contributed by atoms with E-state index in [1.54, 1.807) is 24.1 Å². The molecular weight excluding hydrogens is 310 g/mol. The van der Waals surface area contributed by atoms with E-state index in [9.17, 15) is 9.59 Å². The third-order valence-electron chi connectivity index (χ3n) is 3.86. The summed E-state index contributed by atoms with van der Waals surface area (Å²) in [5.74, 6) is 0.740. The number of amides is 2. The topological polar surface area (TPSA) is 93.3 Å². The highest BCUT2D eigenvalue weighted by molar-refractivity contribution is 6.03. The smallest absolute Gasteiger partial charge is 0.231 e. The molecule has 0 bridgehead atoms. The third kappa shape index (κ3) is 3.47. The molecule has 0 unspecified atom stereocenters. The molecule has 1 saturated heterocycles. The number of aromatic nitrogens is 3. The predicted molar refractivity (Wildman–Crippen MR) is 87.4 cm³/mol. The number of carbonyl (C=O) groups excluding carboxylic acids is 2. The molecule has 2 amide bonds. The first kappa shape index (κ1) is 16.2. The van der Waals surface area contributed by atoms with Crippen LogP contribution in [0.25, 0.3) is 0 Å². The van der Waals surface area contributed by atoms with Crippen LogP contribution in [0.15, 0.2) is 23.0 Å². The summed E-state index contributed by atoms with van der Waals surface area (Å²) in [6.45, 7) is 7.09. The number of aryl methyl sites for hydroxylation is 1. The summed E-state index contributed by atoms with van der Waals surface area (Å²) in [6.07, 6.45) is 3.69. The minimum atomic E-state index is -0.414. The van der Waals surface area contributed by atoms with Crippen molar-refractivity contribution in [1.29, 1.82) is 0 Å². The zero-order valence-electron chi connectivity index (χ0n) is 14.0. The second-order valence-electron chi connectivity index (χ2n) is 6.53. The van der Waals surface area contributed by atoms with Gasteiger partial charge in [0.2, 0.25) is 11.8 Å². The maximum Gasteiger partial charge on any atom is 0.231 e. The van der Waals surface area contributed by atoms with Crippen LogP contribution in [0.2, 0.25) is 0 Å². The van der Waals surface area contributed by atoms with E-state index in [1.807, 2.05) is 10.9 Å². The average Bonchev–Trinajstić information content (AvgIpc) is 3.19. The highest BCUT2D eigenvalue weighted by Gasteiger charge is 2.36. The fraction of sp³-hybridized carbons (Fsp3) is 0.500. The molecule has 1 atom stereocenters. The van der Waals surface area contributed by atoms with Gasteiger partial charge in [0.25, 0.3) is 0 Å². The lowest BCUT2D eigenvalue weighted by Gasteiger charge is -2.14. The molecule has 1 aliphatic rings. The Balaban J connectivity index is 1.64. The van der Waals surface area contributed by atoms with E-state index < -0.39 is 5.92 Å². The van der Waals surface area contributed by atoms with Gasteiger partial charge in [-0.25, -0.2) is 0 Å². The number of nitrogens with zero attached hydrogens (tertiary/aromatic N) is 4. The second kappa shape index (κ2) is 6.46. The molecule has 24 heavy (non-hydrogen) atoms. The van der Waals surface area contributed by atoms with Crippen LogP contribution in [0.5, 0.6) is 0 Å². The lowest BCUT2D eigenvalue weighted by molar-refractivity contribution is -0.122. The Labute approximate surface area is 139 Å². The Morgan fingerprint density at radius 2 is 2.29 bits per heavy atom. The third-order valence-corrected chi connectivity index (χ3v) is 3.86. The Kier molecular flexibility index (Phi) is 4.37. The van der Waals surface area contributed by atoms with Crippen LogP contribution in [0.3, 0.4) is 0 Å². The van der Waals surface area contributed by atoms with Crippen molar-refractivity contribution in [3.8, 4) is 0 Å². The molecule has 0 saturated carbocycles. The van der Waals surface area contributed by atoms with E-state index in [0.29, 0.717) is 24.0 Å². The van der Waals surface area contributed by atoms with E-state index in [2.05, 4.69) is 29.4 Å². The van der Waals surface area contributed by atoms with Crippen LogP contribution in [0.4, 0.5) is 11.5 Å². The van der Waals surface area contributed by atoms with E-state index in [-0.39, 0.29) is 18.2 Å². The second-order valence-corrected chi connectivity index (χ2v) is 6.53. The summed E-state index contributed by atoms with van der Waals surface area (Å²) < 4.78 is 6.74. The van der Waals surface area contributed by atoms with Crippen molar-refractivity contribution in [1.82, 2.24) is 14.9 Å². The van der Waals surface area contributed by atoms with Crippen molar-refractivity contribution in [3.05, 3.63) is 24.2 Å². The lowest BCUT2D eigenvalue weighted by atomic mass is 10.1. The molecule has 0 aromatic carbocycles. The fourth-order valence-electron chi connectivity index (χ4n) is 2.75. The van der Waals surface area contributed by atoms with Crippen LogP contribution >= 0.6 is 0 Å². The van der Waals surface area contributed by atoms with Gasteiger partial charge in [0, 0.05) is 31.8 Å². The number of hydrogen-bond donors (Lipinski definition) is 1. The van der Waals surface area contributed by atoms with E-state index in [1.165, 1.54) is 0 Å². The maximum atomic E-state index is 12.3. The molecule has 2 aromatic heterocycles. The Bertz CT molecular complexity index is 748. The van der Waals surface area contributed by atoms with Crippen molar-refractivity contribution in [2.24, 2.45) is 11.8 Å². The van der Waals surface area contributed by atoms with Gasteiger partial charge in [-0.1, -0.05) is 19.0 Å². The van der Waals surface area contributed by atoms with E-state index >= 15 is 0 Å². The van der Waals surface area contributed by atoms with E-state index in [0.717, 1.165) is 12.2 Å². The molecule has 8 nitrogen and oxygen atoms in total. The van der Waals surface area contributed by atoms with Gasteiger partial charge in [0.05, 0.1) is 17.8 Å². The quantitative estimate of drug-likeness (QED) is 0.902. The van der Waals surface area contributed by atoms with Crippen molar-refractivity contribution in [3.63, 3.8) is 0 Å². The molecule has 1 fully saturated rings. The van der Waals surface area contributed by atoms with Crippen LogP contribution in [-0.4, -0.2) is 33.3 Å². The zero-order chi connectivity index (χ0) is 17.3. The number of carbonyl (C=O) groups is 2. The van der Waals surface area contributed by atoms with Gasteiger partial charge in [-0.2, -0.15) is 5.10 Å². The number of hydrogen-bond acceptors (Lipinski definition) is 5. The molecule has 2 aromatic rings. The van der Waals surface area contributed by atoms with Crippen LogP contribution in [0, 0.1) is 18.8 Å². The average molecular weight is 331 g/mol. The molecule has 1 aliphatic heterocycles. The fourth-order valence-corrected chi connectivity index (χ4v) is 2.75. The maximum absolute atomic E-state index is 12.3. The molecule has 0 radical (unpaired) electrons. The summed E-state index contributed by atoms with van der Waals surface area (Å²) in [6, 6.07) is 1.64. The number of anilines is 2. The summed E-state index contributed by atoms with van der Waals surface area (Å²) in [4.78, 5) is 26.2. The first-order valence-corrected chi connectivity index (χ1v) is 7.99. The molecule has 8 heteroatoms. The highest BCUT2D eigenvalue weighted by Crippen LogP contribution is 2.25. The van der Waals surface area contributed by atoms with Crippen molar-refractivity contribution >= 4 is 23.3 Å². The number of rotatable bonds is 5. The minimum Gasteiger partial charge on any atom is -0.360 e. The summed E-state index contributed by atoms with van der Waals surface area (Å²) in [7, 11) is 0. The van der Waals surface area contributed by atoms with Gasteiger partial charge in [-0.3, -0.25) is 14.3 Å². The van der Waals surface area contributed by atoms with Crippen molar-refractivity contribution < 1.29 is 14.1 Å². The summed E-state index contributed by atoms with van der Waals surface area (Å²) >= 11 is 0. The molecule has 0 spiro atoms. The normalized spacial score (nSPS) is 17.8. The van der Waals surface area contributed by atoms with Gasteiger partial charge in [-0.05, 0) is 12.8 Å². The largest absolute Gasteiger partial charge is 0.360 e. The summed E-state index contributed by atoms with van der Waals surface area (Å²) in [5.41, 5.74) is 0.730. The zero-order valence-corrected chi connectivity index (χ0v) is 14.0. The standard InChI is InChI=1S/C16H21N5O3/c1-10(2)7-20-9-13(6-17-20)21-8-12(5-15(21)22)16(23)18-14-4-11(3)24-19-14/h4,6,9-10,12H,5,7-8H2,1-3H3,(H,18,19,23)/t12-/m1/s1. The molecule has 3 rings (SSSR count). The molecule has 0 aliphatic carbocycles. The Morgan fingerprint density at radius 1 is 1.50 bits per heavy atom. The van der Waals surface area contributed by atoms with Crippen molar-refractivity contribution in [2.45, 2.75) is 33.7 Å². The van der Waals surface area contributed by atoms with Crippen molar-refractivity contribution in [2.75, 3.05) is 16.8 Å². The predicted octanol–water partition coefficient (Wildman–Crippen LogP) is 1.83. The van der Waals surface area contributed by atoms with Crippen LogP contribution in [-0.2, 0) is 16.1 Å². The van der Waals surface area contributed by atoms with Crippen LogP contribution < -0.4 is 10.2 Å². The Hall–Kier alpha value is -2.64. The lowest BCUT2D eigenvalue weighted by Crippen LogP contribution is -2.28. The van der Waals surface area contributed by atoms with Gasteiger partial charge in [-0.15, -0.1) is 0 Å². The van der Waals surface area contributed by atoms with Gasteiger partial charge in [0.1, 0.15) is 5.76 Å². The summed E-state index contributed by atoms with van der Waals surface area (Å²) in [5, 5.41) is 10.7. The Morgan fingerprint density at radius 3 is 2.96 bits per heavy atom. The highest BCUT2D eigenvalue weighted by atomic mass is 16.5. The van der Waals surface area contributed by atoms with Gasteiger partial charge < -0.3 is 14.7 Å². The van der Waals surface area contributed by atoms with Gasteiger partial charge >= 0.3 is 0 Å². The molecule has 3 heterocycles. The number of nitrogens with one attached hydrogen (secondary N) is 1. The first-order chi connectivity index (χ1) is 11.4. The minimum absolute atomic E-state index is 0.0735. The molecule has 128 valence electrons. The SMILES string of the molecule is Cc1cc(NC(=O)[C@@H]2CC(=O)N(c3cnn(CC(C)C)c3)C2)no1. The van der Waals surface area contributed by atoms with E-state index in [4.69, 9.17) is 4.52 Å². The molecular formula is C16H21N5O3. The van der Waals surface area contributed by atoms with Gasteiger partial charge in [0.15, 0.2) is 5.82 Å². The van der Waals surface area contributed by atoms with Crippen LogP contribution in [0.1, 0.15) is 26.0 Å².